The number of anilines is 1. The van der Waals surface area contributed by atoms with E-state index in [0.29, 0.717) is 18.5 Å². The highest BCUT2D eigenvalue weighted by atomic mass is 79.9. The van der Waals surface area contributed by atoms with Crippen LogP contribution < -0.4 is 10.4 Å². The number of nitrogens with one attached hydrogen (secondary N) is 1. The molecule has 1 aromatic rings. The van der Waals surface area contributed by atoms with Crippen LogP contribution in [-0.2, 0) is 9.59 Å². The minimum absolute atomic E-state index is 0.441. The number of rotatable bonds is 4. The molecule has 0 heterocycles. The average molecular weight is 243 g/mol. The van der Waals surface area contributed by atoms with E-state index in [4.69, 9.17) is 0 Å². The van der Waals surface area contributed by atoms with Crippen LogP contribution in [0.3, 0.4) is 0 Å². The maximum absolute atomic E-state index is 10.5. The van der Waals surface area contributed by atoms with Crippen molar-refractivity contribution in [2.24, 2.45) is 0 Å². The fraction of sp³-hybridized carbons (Fsp3) is 0. The molecule has 0 aliphatic rings. The molecule has 5 heteroatoms. The van der Waals surface area contributed by atoms with Gasteiger partial charge < -0.3 is 0 Å². The largest absolute Gasteiger partial charge is 0.277 e. The van der Waals surface area contributed by atoms with E-state index in [0.717, 1.165) is 9.48 Å². The molecule has 0 unspecified atom stereocenters. The molecule has 68 valence electrons. The monoisotopic (exact) mass is 242 g/mol. The Labute approximate surface area is 83.6 Å². The zero-order valence-electron chi connectivity index (χ0n) is 6.61. The summed E-state index contributed by atoms with van der Waals surface area (Å²) in [5.74, 6) is 0. The molecule has 0 saturated carbocycles. The highest BCUT2D eigenvalue weighted by Gasteiger charge is 2.01. The number of benzene rings is 1. The third-order valence-electron chi connectivity index (χ3n) is 1.40. The first-order chi connectivity index (χ1) is 6.27. The smallest absolute Gasteiger partial charge is 0.232 e. The Hall–Kier alpha value is -1.36. The number of hydrazine groups is 1. The van der Waals surface area contributed by atoms with E-state index in [1.807, 2.05) is 0 Å². The molecular weight excluding hydrogens is 236 g/mol. The van der Waals surface area contributed by atoms with Crippen LogP contribution in [0.5, 0.6) is 0 Å². The van der Waals surface area contributed by atoms with Crippen LogP contribution >= 0.6 is 15.9 Å². The lowest BCUT2D eigenvalue weighted by atomic mass is 10.3. The molecule has 0 aliphatic heterocycles. The third-order valence-corrected chi connectivity index (χ3v) is 1.93. The lowest BCUT2D eigenvalue weighted by Gasteiger charge is -2.14. The lowest BCUT2D eigenvalue weighted by molar-refractivity contribution is -0.113. The normalized spacial score (nSPS) is 9.00. The van der Waals surface area contributed by atoms with Gasteiger partial charge in [-0.15, -0.1) is 0 Å². The van der Waals surface area contributed by atoms with Gasteiger partial charge >= 0.3 is 0 Å². The van der Waals surface area contributed by atoms with Gasteiger partial charge in [-0.25, -0.2) is 5.01 Å². The number of halogens is 1. The standard InChI is InChI=1S/C8H7BrN2O2/c9-7-1-3-8(4-2-7)11(6-13)10-5-12/h1-6H,(H,10,12). The number of carbonyl (C=O) groups is 2. The van der Waals surface area contributed by atoms with E-state index in [1.54, 1.807) is 24.3 Å². The highest BCUT2D eigenvalue weighted by molar-refractivity contribution is 9.10. The van der Waals surface area contributed by atoms with Gasteiger partial charge in [0, 0.05) is 4.47 Å². The quantitative estimate of drug-likeness (QED) is 0.635. The Balaban J connectivity index is 2.84. The van der Waals surface area contributed by atoms with Crippen LogP contribution in [0.2, 0.25) is 0 Å². The summed E-state index contributed by atoms with van der Waals surface area (Å²) in [4.78, 5) is 20.6. The number of nitrogens with zero attached hydrogens (tertiary/aromatic N) is 1. The van der Waals surface area contributed by atoms with Crippen LogP contribution in [0.4, 0.5) is 5.69 Å². The Bertz CT molecular complexity index is 300. The summed E-state index contributed by atoms with van der Waals surface area (Å²) >= 11 is 3.26. The van der Waals surface area contributed by atoms with Gasteiger partial charge in [0.1, 0.15) is 0 Å². The number of amides is 2. The Morgan fingerprint density at radius 2 is 1.85 bits per heavy atom. The predicted molar refractivity (Wildman–Crippen MR) is 51.9 cm³/mol. The average Bonchev–Trinajstić information content (AvgIpc) is 2.16. The molecule has 0 spiro atoms. The summed E-state index contributed by atoms with van der Waals surface area (Å²) in [5.41, 5.74) is 2.84. The van der Waals surface area contributed by atoms with Gasteiger partial charge in [-0.3, -0.25) is 15.0 Å². The number of carbonyl (C=O) groups excluding carboxylic acids is 2. The Morgan fingerprint density at radius 1 is 1.23 bits per heavy atom. The molecule has 0 fully saturated rings. The first-order valence-corrected chi connectivity index (χ1v) is 4.27. The van der Waals surface area contributed by atoms with Crippen molar-refractivity contribution in [1.29, 1.82) is 0 Å². The van der Waals surface area contributed by atoms with Crippen LogP contribution in [0.15, 0.2) is 28.7 Å². The molecule has 2 amide bonds. The predicted octanol–water partition coefficient (Wildman–Crippen LogP) is 1.07. The molecule has 13 heavy (non-hydrogen) atoms. The second-order valence-electron chi connectivity index (χ2n) is 2.20. The van der Waals surface area contributed by atoms with Gasteiger partial charge in [0.05, 0.1) is 5.69 Å². The summed E-state index contributed by atoms with van der Waals surface area (Å²) in [6, 6.07) is 6.96. The molecule has 0 aliphatic carbocycles. The second kappa shape index (κ2) is 4.61. The molecule has 1 N–H and O–H groups in total. The van der Waals surface area contributed by atoms with Gasteiger partial charge in [-0.05, 0) is 24.3 Å². The summed E-state index contributed by atoms with van der Waals surface area (Å²) in [7, 11) is 0. The second-order valence-corrected chi connectivity index (χ2v) is 3.11. The van der Waals surface area contributed by atoms with Gasteiger partial charge in [0.15, 0.2) is 0 Å². The molecule has 1 aromatic carbocycles. The molecule has 4 nitrogen and oxygen atoms in total. The fourth-order valence-electron chi connectivity index (χ4n) is 0.824. The third kappa shape index (κ3) is 2.55. The van der Waals surface area contributed by atoms with Gasteiger partial charge in [-0.2, -0.15) is 0 Å². The van der Waals surface area contributed by atoms with Gasteiger partial charge in [0.25, 0.3) is 0 Å². The SMILES string of the molecule is O=CNN(C=O)c1ccc(Br)cc1. The first kappa shape index (κ1) is 9.73. The van der Waals surface area contributed by atoms with Crippen LogP contribution in [0.1, 0.15) is 0 Å². The van der Waals surface area contributed by atoms with Crippen molar-refractivity contribution in [3.05, 3.63) is 28.7 Å². The minimum Gasteiger partial charge on any atom is -0.277 e. The van der Waals surface area contributed by atoms with Crippen molar-refractivity contribution in [2.45, 2.75) is 0 Å². The minimum atomic E-state index is 0.441. The van der Waals surface area contributed by atoms with Gasteiger partial charge in [0.2, 0.25) is 12.8 Å². The van der Waals surface area contributed by atoms with E-state index >= 15 is 0 Å². The molecule has 0 atom stereocenters. The maximum atomic E-state index is 10.5. The summed E-state index contributed by atoms with van der Waals surface area (Å²) in [6.07, 6.45) is 0.966. The van der Waals surface area contributed by atoms with Crippen LogP contribution in [0.25, 0.3) is 0 Å². The van der Waals surface area contributed by atoms with Crippen molar-refractivity contribution in [3.63, 3.8) is 0 Å². The van der Waals surface area contributed by atoms with Crippen molar-refractivity contribution >= 4 is 34.4 Å². The van der Waals surface area contributed by atoms with E-state index in [1.165, 1.54) is 0 Å². The topological polar surface area (TPSA) is 49.4 Å². The van der Waals surface area contributed by atoms with E-state index in [9.17, 15) is 9.59 Å². The highest BCUT2D eigenvalue weighted by Crippen LogP contribution is 2.15. The van der Waals surface area contributed by atoms with Gasteiger partial charge in [-0.1, -0.05) is 15.9 Å². The van der Waals surface area contributed by atoms with E-state index < -0.39 is 0 Å². The van der Waals surface area contributed by atoms with Crippen molar-refractivity contribution in [2.75, 3.05) is 5.01 Å². The number of hydrogen-bond acceptors (Lipinski definition) is 2. The Morgan fingerprint density at radius 3 is 2.31 bits per heavy atom. The number of hydrogen-bond donors (Lipinski definition) is 1. The molecule has 0 bridgehead atoms. The summed E-state index contributed by atoms with van der Waals surface area (Å²) < 4.78 is 0.910. The zero-order chi connectivity index (χ0) is 9.68. The lowest BCUT2D eigenvalue weighted by Crippen LogP contribution is -2.35. The van der Waals surface area contributed by atoms with Crippen molar-refractivity contribution in [3.8, 4) is 0 Å². The maximum Gasteiger partial charge on any atom is 0.232 e. The summed E-state index contributed by atoms with van der Waals surface area (Å²) in [6.45, 7) is 0. The van der Waals surface area contributed by atoms with E-state index in [2.05, 4.69) is 21.4 Å². The summed E-state index contributed by atoms with van der Waals surface area (Å²) in [5, 5.41) is 1.08. The van der Waals surface area contributed by atoms with Crippen LogP contribution in [0, 0.1) is 0 Å². The Kier molecular flexibility index (Phi) is 3.45. The first-order valence-electron chi connectivity index (χ1n) is 3.48. The molecule has 0 saturated heterocycles. The van der Waals surface area contributed by atoms with Crippen molar-refractivity contribution < 1.29 is 9.59 Å². The molecule has 0 radical (unpaired) electrons. The van der Waals surface area contributed by atoms with E-state index in [-0.39, 0.29) is 0 Å². The molecule has 0 aromatic heterocycles. The molecular formula is C8H7BrN2O2. The fourth-order valence-corrected chi connectivity index (χ4v) is 1.09. The van der Waals surface area contributed by atoms with Crippen molar-refractivity contribution in [1.82, 2.24) is 5.43 Å². The van der Waals surface area contributed by atoms with Crippen LogP contribution in [-0.4, -0.2) is 12.8 Å². The zero-order valence-corrected chi connectivity index (χ0v) is 8.19. The molecule has 1 rings (SSSR count).